The molecule has 43 heavy (non-hydrogen) atoms. The predicted molar refractivity (Wildman–Crippen MR) is 163 cm³/mol. The van der Waals surface area contributed by atoms with Crippen molar-refractivity contribution < 1.29 is 28.5 Å². The average Bonchev–Trinajstić information content (AvgIpc) is 3.85. The quantitative estimate of drug-likeness (QED) is 0.336. The Morgan fingerprint density at radius 2 is 1.74 bits per heavy atom. The van der Waals surface area contributed by atoms with Crippen LogP contribution in [-0.4, -0.2) is 74.8 Å². The number of ether oxygens (including phenoxy) is 4. The molecule has 0 spiro atoms. The van der Waals surface area contributed by atoms with Crippen molar-refractivity contribution in [1.29, 1.82) is 0 Å². The molecule has 1 unspecified atom stereocenters. The first-order valence-corrected chi connectivity index (χ1v) is 14.6. The molecular weight excluding hydrogens is 548 g/mol. The van der Waals surface area contributed by atoms with Crippen molar-refractivity contribution >= 4 is 28.4 Å². The molecule has 1 saturated heterocycles. The molecular formula is C33H36N4O6. The van der Waals surface area contributed by atoms with E-state index in [4.69, 9.17) is 18.9 Å². The van der Waals surface area contributed by atoms with Gasteiger partial charge in [0.2, 0.25) is 11.8 Å². The number of benzene rings is 2. The van der Waals surface area contributed by atoms with E-state index < -0.39 is 5.41 Å². The van der Waals surface area contributed by atoms with Crippen LogP contribution in [0.25, 0.3) is 10.9 Å². The largest absolute Gasteiger partial charge is 0.493 e. The molecule has 1 saturated carbocycles. The highest BCUT2D eigenvalue weighted by Gasteiger charge is 2.57. The van der Waals surface area contributed by atoms with Crippen LogP contribution in [0.5, 0.6) is 23.0 Å². The molecule has 2 aromatic carbocycles. The van der Waals surface area contributed by atoms with E-state index in [9.17, 15) is 9.59 Å². The van der Waals surface area contributed by atoms with E-state index in [1.165, 1.54) is 0 Å². The zero-order chi connectivity index (χ0) is 29.8. The molecule has 0 radical (unpaired) electrons. The van der Waals surface area contributed by atoms with E-state index in [1.54, 1.807) is 56.8 Å². The van der Waals surface area contributed by atoms with Crippen molar-refractivity contribution in [2.75, 3.05) is 52.4 Å². The van der Waals surface area contributed by atoms with Crippen LogP contribution in [0.3, 0.4) is 0 Å². The SMILES string of the molecule is COc1cc2nccc(Oc3ccc(NC(=O)C4(C(=O)NC5CC=CC=C5CN5CCOCC5)CC4)cc3)c2cc1OC. The number of hydrogen-bond donors (Lipinski definition) is 2. The van der Waals surface area contributed by atoms with Crippen LogP contribution >= 0.6 is 0 Å². The number of amides is 2. The number of fused-ring (bicyclic) bond motifs is 1. The fourth-order valence-electron chi connectivity index (χ4n) is 5.50. The van der Waals surface area contributed by atoms with Gasteiger partial charge < -0.3 is 29.6 Å². The van der Waals surface area contributed by atoms with Crippen molar-refractivity contribution in [1.82, 2.24) is 15.2 Å². The number of hydrogen-bond acceptors (Lipinski definition) is 8. The Bertz CT molecular complexity index is 1560. The second-order valence-electron chi connectivity index (χ2n) is 11.0. The Labute approximate surface area is 250 Å². The minimum atomic E-state index is -1.05. The lowest BCUT2D eigenvalue weighted by Gasteiger charge is -2.32. The monoisotopic (exact) mass is 584 g/mol. The van der Waals surface area contributed by atoms with Gasteiger partial charge >= 0.3 is 0 Å². The third-order valence-electron chi connectivity index (χ3n) is 8.25. The Morgan fingerprint density at radius 1 is 1.00 bits per heavy atom. The standard InChI is InChI=1S/C33H36N4O6/c1-40-29-19-25-27(20-30(29)41-2)34-14-11-28(25)43-24-9-7-23(8-10-24)35-31(38)33(12-13-33)32(39)36-26-6-4-3-5-22(26)21-37-15-17-42-18-16-37/h3-5,7-11,14,19-20,26H,6,12-13,15-18,21H2,1-2H3,(H,35,38)(H,36,39). The number of carbonyl (C=O) groups excluding carboxylic acids is 2. The maximum absolute atomic E-state index is 13.4. The predicted octanol–water partition coefficient (Wildman–Crippen LogP) is 4.47. The molecule has 1 atom stereocenters. The van der Waals surface area contributed by atoms with Crippen molar-refractivity contribution in [3.05, 3.63) is 72.5 Å². The number of allylic oxidation sites excluding steroid dienone is 2. The summed E-state index contributed by atoms with van der Waals surface area (Å²) in [6, 6.07) is 12.4. The van der Waals surface area contributed by atoms with Crippen molar-refractivity contribution in [3.63, 3.8) is 0 Å². The van der Waals surface area contributed by atoms with E-state index >= 15 is 0 Å². The number of methoxy groups -OCH3 is 2. The van der Waals surface area contributed by atoms with Gasteiger partial charge in [-0.3, -0.25) is 19.5 Å². The minimum Gasteiger partial charge on any atom is -0.493 e. The smallest absolute Gasteiger partial charge is 0.240 e. The first kappa shape index (κ1) is 28.7. The Balaban J connectivity index is 1.09. The molecule has 2 fully saturated rings. The van der Waals surface area contributed by atoms with Crippen LogP contribution in [0.1, 0.15) is 19.3 Å². The maximum atomic E-state index is 13.4. The zero-order valence-corrected chi connectivity index (χ0v) is 24.4. The normalized spacial score (nSPS) is 19.3. The lowest BCUT2D eigenvalue weighted by Crippen LogP contribution is -2.47. The number of rotatable bonds is 10. The summed E-state index contributed by atoms with van der Waals surface area (Å²) in [7, 11) is 3.16. The summed E-state index contributed by atoms with van der Waals surface area (Å²) in [5.74, 6) is 1.86. The number of anilines is 1. The van der Waals surface area contributed by atoms with Crippen LogP contribution in [0.15, 0.2) is 72.5 Å². The number of aromatic nitrogens is 1. The molecule has 224 valence electrons. The van der Waals surface area contributed by atoms with Crippen molar-refractivity contribution in [3.8, 4) is 23.0 Å². The number of nitrogens with zero attached hydrogens (tertiary/aromatic N) is 2. The summed E-state index contributed by atoms with van der Waals surface area (Å²) in [6.45, 7) is 3.98. The lowest BCUT2D eigenvalue weighted by atomic mass is 9.96. The van der Waals surface area contributed by atoms with Gasteiger partial charge in [-0.2, -0.15) is 0 Å². The number of nitrogens with one attached hydrogen (secondary N) is 2. The van der Waals surface area contributed by atoms with Crippen LogP contribution in [-0.2, 0) is 14.3 Å². The van der Waals surface area contributed by atoms with Gasteiger partial charge in [-0.1, -0.05) is 18.2 Å². The molecule has 1 aliphatic heterocycles. The molecule has 10 nitrogen and oxygen atoms in total. The number of carbonyl (C=O) groups is 2. The minimum absolute atomic E-state index is 0.118. The van der Waals surface area contributed by atoms with Crippen LogP contribution < -0.4 is 24.8 Å². The van der Waals surface area contributed by atoms with E-state index in [0.717, 1.165) is 43.8 Å². The molecule has 2 N–H and O–H groups in total. The van der Waals surface area contributed by atoms with Crippen LogP contribution in [0, 0.1) is 5.41 Å². The molecule has 6 rings (SSSR count). The van der Waals surface area contributed by atoms with E-state index in [-0.39, 0.29) is 17.9 Å². The van der Waals surface area contributed by atoms with Gasteiger partial charge in [0.15, 0.2) is 11.5 Å². The summed E-state index contributed by atoms with van der Waals surface area (Å²) in [5, 5.41) is 6.89. The average molecular weight is 585 g/mol. The summed E-state index contributed by atoms with van der Waals surface area (Å²) in [6.07, 6.45) is 9.61. The van der Waals surface area contributed by atoms with Crippen molar-refractivity contribution in [2.45, 2.75) is 25.3 Å². The molecule has 3 aromatic rings. The van der Waals surface area contributed by atoms with E-state index in [2.05, 4.69) is 32.7 Å². The molecule has 1 aromatic heterocycles. The topological polar surface area (TPSA) is 111 Å². The highest BCUT2D eigenvalue weighted by Crippen LogP contribution is 2.47. The van der Waals surface area contributed by atoms with Gasteiger partial charge in [-0.25, -0.2) is 0 Å². The first-order chi connectivity index (χ1) is 21.0. The summed E-state index contributed by atoms with van der Waals surface area (Å²) >= 11 is 0. The highest BCUT2D eigenvalue weighted by atomic mass is 16.5. The van der Waals surface area contributed by atoms with Crippen LogP contribution in [0.4, 0.5) is 5.69 Å². The van der Waals surface area contributed by atoms with Gasteiger partial charge in [0.05, 0.1) is 39.0 Å². The van der Waals surface area contributed by atoms with Gasteiger partial charge in [-0.15, -0.1) is 0 Å². The molecule has 2 heterocycles. The Hall–Kier alpha value is -4.41. The summed E-state index contributed by atoms with van der Waals surface area (Å²) in [4.78, 5) is 33.5. The van der Waals surface area contributed by atoms with E-state index in [1.807, 2.05) is 12.1 Å². The Morgan fingerprint density at radius 3 is 2.47 bits per heavy atom. The van der Waals surface area contributed by atoms with Gasteiger partial charge in [0.25, 0.3) is 0 Å². The molecule has 0 bridgehead atoms. The molecule has 3 aliphatic rings. The zero-order valence-electron chi connectivity index (χ0n) is 24.4. The van der Waals surface area contributed by atoms with Gasteiger partial charge in [0, 0.05) is 43.0 Å². The third kappa shape index (κ3) is 6.21. The second-order valence-corrected chi connectivity index (χ2v) is 11.0. The Kier molecular flexibility index (Phi) is 8.31. The number of pyridine rings is 1. The fraction of sp³-hybridized carbons (Fsp3) is 0.364. The fourth-order valence-corrected chi connectivity index (χ4v) is 5.50. The number of morpholine rings is 1. The molecule has 2 aliphatic carbocycles. The van der Waals surface area contributed by atoms with Crippen molar-refractivity contribution in [2.24, 2.45) is 5.41 Å². The first-order valence-electron chi connectivity index (χ1n) is 14.6. The lowest BCUT2D eigenvalue weighted by molar-refractivity contribution is -0.134. The third-order valence-corrected chi connectivity index (χ3v) is 8.25. The highest BCUT2D eigenvalue weighted by molar-refractivity contribution is 6.13. The van der Waals surface area contributed by atoms with Gasteiger partial charge in [0.1, 0.15) is 16.9 Å². The molecule has 10 heteroatoms. The second kappa shape index (κ2) is 12.4. The van der Waals surface area contributed by atoms with Gasteiger partial charge in [-0.05, 0) is 61.2 Å². The molecule has 2 amide bonds. The maximum Gasteiger partial charge on any atom is 0.240 e. The summed E-state index contributed by atoms with van der Waals surface area (Å²) in [5.41, 5.74) is 1.41. The summed E-state index contributed by atoms with van der Waals surface area (Å²) < 4.78 is 22.4. The van der Waals surface area contributed by atoms with Crippen LogP contribution in [0.2, 0.25) is 0 Å². The van der Waals surface area contributed by atoms with E-state index in [0.29, 0.717) is 53.5 Å².